The minimum Gasteiger partial charge on any atom is -0.310 e. The Morgan fingerprint density at radius 1 is 1.37 bits per heavy atom. The molecule has 4 nitrogen and oxygen atoms in total. The van der Waals surface area contributed by atoms with Crippen LogP contribution in [0.2, 0.25) is 0 Å². The van der Waals surface area contributed by atoms with E-state index < -0.39 is 0 Å². The van der Waals surface area contributed by atoms with Gasteiger partial charge in [0.05, 0.1) is 4.92 Å². The largest absolute Gasteiger partial charge is 0.310 e. The minimum atomic E-state index is -0.363. The average Bonchev–Trinajstić information content (AvgIpc) is 2.89. The normalized spacial score (nSPS) is 12.3. The highest BCUT2D eigenvalue weighted by Crippen LogP contribution is 2.13. The standard InChI is InChI=1S/C14H16N2O2S/c1-11(7-13-5-6-19-10-13)15-9-12-3-2-4-14(8-12)16(17)18/h2-6,8,10-11,15H,7,9H2,1H3. The molecule has 1 aromatic heterocycles. The van der Waals surface area contributed by atoms with Gasteiger partial charge < -0.3 is 5.32 Å². The van der Waals surface area contributed by atoms with Gasteiger partial charge in [0.25, 0.3) is 5.69 Å². The van der Waals surface area contributed by atoms with Gasteiger partial charge in [0.1, 0.15) is 0 Å². The van der Waals surface area contributed by atoms with Crippen LogP contribution in [0.4, 0.5) is 5.69 Å². The second-order valence-electron chi connectivity index (χ2n) is 4.54. The van der Waals surface area contributed by atoms with Crippen molar-refractivity contribution in [2.45, 2.75) is 25.9 Å². The van der Waals surface area contributed by atoms with Gasteiger partial charge in [0, 0.05) is 24.7 Å². The van der Waals surface area contributed by atoms with Gasteiger partial charge in [0.15, 0.2) is 0 Å². The highest BCUT2D eigenvalue weighted by atomic mass is 32.1. The molecule has 19 heavy (non-hydrogen) atoms. The molecule has 0 fully saturated rings. The maximum atomic E-state index is 10.7. The fraction of sp³-hybridized carbons (Fsp3) is 0.286. The fourth-order valence-electron chi connectivity index (χ4n) is 1.91. The molecule has 0 amide bonds. The summed E-state index contributed by atoms with van der Waals surface area (Å²) in [7, 11) is 0. The highest BCUT2D eigenvalue weighted by Gasteiger charge is 2.07. The number of nitrogens with one attached hydrogen (secondary N) is 1. The summed E-state index contributed by atoms with van der Waals surface area (Å²) in [6.07, 6.45) is 0.971. The minimum absolute atomic E-state index is 0.143. The number of thiophene rings is 1. The number of hydrogen-bond donors (Lipinski definition) is 1. The van der Waals surface area contributed by atoms with E-state index in [0.717, 1.165) is 12.0 Å². The molecule has 1 N–H and O–H groups in total. The molecule has 0 aliphatic heterocycles. The predicted molar refractivity (Wildman–Crippen MR) is 77.4 cm³/mol. The summed E-state index contributed by atoms with van der Waals surface area (Å²) in [5.74, 6) is 0. The van der Waals surface area contributed by atoms with Crippen LogP contribution >= 0.6 is 11.3 Å². The van der Waals surface area contributed by atoms with Crippen LogP contribution in [0, 0.1) is 10.1 Å². The Bertz CT molecular complexity index is 540. The molecule has 5 heteroatoms. The van der Waals surface area contributed by atoms with Crippen LogP contribution in [0.3, 0.4) is 0 Å². The zero-order chi connectivity index (χ0) is 13.7. The van der Waals surface area contributed by atoms with E-state index in [1.165, 1.54) is 11.6 Å². The lowest BCUT2D eigenvalue weighted by Gasteiger charge is -2.12. The first-order valence-corrected chi connectivity index (χ1v) is 7.07. The molecule has 2 rings (SSSR count). The lowest BCUT2D eigenvalue weighted by molar-refractivity contribution is -0.384. The van der Waals surface area contributed by atoms with Crippen LogP contribution in [-0.2, 0) is 13.0 Å². The summed E-state index contributed by atoms with van der Waals surface area (Å²) in [6, 6.07) is 9.21. The quantitative estimate of drug-likeness (QED) is 0.650. The molecule has 2 aromatic rings. The Hall–Kier alpha value is -1.72. The van der Waals surface area contributed by atoms with Crippen molar-refractivity contribution in [3.8, 4) is 0 Å². The van der Waals surface area contributed by atoms with E-state index in [4.69, 9.17) is 0 Å². The Morgan fingerprint density at radius 2 is 2.21 bits per heavy atom. The lowest BCUT2D eigenvalue weighted by Crippen LogP contribution is -2.27. The van der Waals surface area contributed by atoms with Crippen LogP contribution < -0.4 is 5.32 Å². The van der Waals surface area contributed by atoms with Crippen molar-refractivity contribution < 1.29 is 4.92 Å². The highest BCUT2D eigenvalue weighted by molar-refractivity contribution is 7.07. The number of nitro groups is 1. The lowest BCUT2D eigenvalue weighted by atomic mass is 10.1. The Balaban J connectivity index is 1.88. The third-order valence-corrected chi connectivity index (χ3v) is 3.63. The monoisotopic (exact) mass is 276 g/mol. The van der Waals surface area contributed by atoms with Crippen LogP contribution in [0.15, 0.2) is 41.1 Å². The van der Waals surface area contributed by atoms with Crippen molar-refractivity contribution in [2.75, 3.05) is 0 Å². The Kier molecular flexibility index (Phi) is 4.65. The van der Waals surface area contributed by atoms with Gasteiger partial charge >= 0.3 is 0 Å². The van der Waals surface area contributed by atoms with Gasteiger partial charge in [-0.15, -0.1) is 0 Å². The zero-order valence-electron chi connectivity index (χ0n) is 10.7. The molecule has 0 aliphatic carbocycles. The van der Waals surface area contributed by atoms with Gasteiger partial charge in [-0.05, 0) is 41.3 Å². The first kappa shape index (κ1) is 13.7. The third kappa shape index (κ3) is 4.15. The SMILES string of the molecule is CC(Cc1ccsc1)NCc1cccc([N+](=O)[O-])c1. The van der Waals surface area contributed by atoms with E-state index in [1.54, 1.807) is 23.5 Å². The second kappa shape index (κ2) is 6.45. The molecule has 1 heterocycles. The topological polar surface area (TPSA) is 55.2 Å². The summed E-state index contributed by atoms with van der Waals surface area (Å²) >= 11 is 1.70. The first-order valence-electron chi connectivity index (χ1n) is 6.13. The number of nitrogens with zero attached hydrogens (tertiary/aromatic N) is 1. The van der Waals surface area contributed by atoms with Crippen molar-refractivity contribution in [3.63, 3.8) is 0 Å². The molecule has 1 unspecified atom stereocenters. The van der Waals surface area contributed by atoms with Gasteiger partial charge in [-0.3, -0.25) is 10.1 Å². The van der Waals surface area contributed by atoms with Crippen molar-refractivity contribution >= 4 is 17.0 Å². The van der Waals surface area contributed by atoms with Crippen LogP contribution in [0.25, 0.3) is 0 Å². The molecule has 100 valence electrons. The summed E-state index contributed by atoms with van der Waals surface area (Å²) in [4.78, 5) is 10.3. The summed E-state index contributed by atoms with van der Waals surface area (Å²) < 4.78 is 0. The van der Waals surface area contributed by atoms with E-state index in [2.05, 4.69) is 29.1 Å². The van der Waals surface area contributed by atoms with E-state index in [0.29, 0.717) is 12.6 Å². The predicted octanol–water partition coefficient (Wildman–Crippen LogP) is 3.38. The molecule has 0 bridgehead atoms. The van der Waals surface area contributed by atoms with Crippen molar-refractivity contribution in [2.24, 2.45) is 0 Å². The maximum Gasteiger partial charge on any atom is 0.269 e. The molecular formula is C14H16N2O2S. The Labute approximate surface area is 116 Å². The average molecular weight is 276 g/mol. The summed E-state index contributed by atoms with van der Waals surface area (Å²) in [5.41, 5.74) is 2.40. The van der Waals surface area contributed by atoms with Gasteiger partial charge in [-0.2, -0.15) is 11.3 Å². The third-order valence-electron chi connectivity index (χ3n) is 2.90. The van der Waals surface area contributed by atoms with E-state index in [-0.39, 0.29) is 10.6 Å². The molecule has 0 radical (unpaired) electrons. The molecule has 0 saturated heterocycles. The molecule has 0 aliphatic rings. The van der Waals surface area contributed by atoms with Crippen LogP contribution in [0.5, 0.6) is 0 Å². The number of hydrogen-bond acceptors (Lipinski definition) is 4. The van der Waals surface area contributed by atoms with Gasteiger partial charge in [0.2, 0.25) is 0 Å². The molecule has 1 aromatic carbocycles. The van der Waals surface area contributed by atoms with Gasteiger partial charge in [-0.25, -0.2) is 0 Å². The first-order chi connectivity index (χ1) is 9.15. The maximum absolute atomic E-state index is 10.7. The molecule has 0 spiro atoms. The smallest absolute Gasteiger partial charge is 0.269 e. The van der Waals surface area contributed by atoms with E-state index in [9.17, 15) is 10.1 Å². The van der Waals surface area contributed by atoms with Crippen molar-refractivity contribution in [1.82, 2.24) is 5.32 Å². The van der Waals surface area contributed by atoms with E-state index >= 15 is 0 Å². The second-order valence-corrected chi connectivity index (χ2v) is 5.32. The van der Waals surface area contributed by atoms with Gasteiger partial charge in [-0.1, -0.05) is 12.1 Å². The molecule has 1 atom stereocenters. The number of nitro benzene ring substituents is 1. The van der Waals surface area contributed by atoms with Crippen molar-refractivity contribution in [1.29, 1.82) is 0 Å². The van der Waals surface area contributed by atoms with Crippen molar-refractivity contribution in [3.05, 3.63) is 62.3 Å². The number of non-ortho nitro benzene ring substituents is 1. The zero-order valence-corrected chi connectivity index (χ0v) is 11.5. The summed E-state index contributed by atoms with van der Waals surface area (Å²) in [5, 5.41) is 18.3. The van der Waals surface area contributed by atoms with Crippen LogP contribution in [-0.4, -0.2) is 11.0 Å². The summed E-state index contributed by atoms with van der Waals surface area (Å²) in [6.45, 7) is 2.77. The molecule has 0 saturated carbocycles. The number of rotatable bonds is 6. The Morgan fingerprint density at radius 3 is 2.89 bits per heavy atom. The molecular weight excluding hydrogens is 260 g/mol. The fourth-order valence-corrected chi connectivity index (χ4v) is 2.59. The van der Waals surface area contributed by atoms with Crippen LogP contribution in [0.1, 0.15) is 18.1 Å². The number of benzene rings is 1. The van der Waals surface area contributed by atoms with E-state index in [1.807, 2.05) is 6.07 Å².